The Balaban J connectivity index is 2.74. The summed E-state index contributed by atoms with van der Waals surface area (Å²) in [5, 5.41) is 9.32. The van der Waals surface area contributed by atoms with Crippen LogP contribution in [0.3, 0.4) is 0 Å². The Morgan fingerprint density at radius 3 is 2.89 bits per heavy atom. The van der Waals surface area contributed by atoms with Crippen molar-refractivity contribution < 1.29 is 9.90 Å². The molecular formula is C10H9N3O3S2. The van der Waals surface area contributed by atoms with Crippen molar-refractivity contribution in [2.24, 2.45) is 5.73 Å². The van der Waals surface area contributed by atoms with E-state index >= 15 is 0 Å². The van der Waals surface area contributed by atoms with Gasteiger partial charge in [-0.1, -0.05) is 12.2 Å². The fourth-order valence-corrected chi connectivity index (χ4v) is 2.76. The first kappa shape index (κ1) is 12.7. The van der Waals surface area contributed by atoms with Crippen LogP contribution in [0.25, 0.3) is 10.2 Å². The first-order valence-corrected chi connectivity index (χ1v) is 6.14. The minimum Gasteiger partial charge on any atom is -0.477 e. The maximum Gasteiger partial charge on any atom is 0.346 e. The van der Waals surface area contributed by atoms with Crippen LogP contribution < -0.4 is 11.3 Å². The predicted molar refractivity (Wildman–Crippen MR) is 72.4 cm³/mol. The normalized spacial score (nSPS) is 10.7. The van der Waals surface area contributed by atoms with Crippen LogP contribution in [-0.4, -0.2) is 25.6 Å². The molecule has 0 saturated carbocycles. The number of thiocarbonyl (C=S) groups is 1. The molecule has 8 heteroatoms. The smallest absolute Gasteiger partial charge is 0.346 e. The third-order valence-corrected chi connectivity index (χ3v) is 3.75. The molecule has 18 heavy (non-hydrogen) atoms. The number of rotatable bonds is 3. The number of aromatic nitrogens is 2. The molecule has 0 amide bonds. The Kier molecular flexibility index (Phi) is 3.14. The molecule has 0 saturated heterocycles. The summed E-state index contributed by atoms with van der Waals surface area (Å²) in [4.78, 5) is 27.9. The summed E-state index contributed by atoms with van der Waals surface area (Å²) < 4.78 is 1.27. The van der Waals surface area contributed by atoms with Gasteiger partial charge in [0.25, 0.3) is 5.56 Å². The summed E-state index contributed by atoms with van der Waals surface area (Å²) >= 11 is 5.72. The summed E-state index contributed by atoms with van der Waals surface area (Å²) in [6, 6.07) is 0. The van der Waals surface area contributed by atoms with Crippen LogP contribution in [0.15, 0.2) is 11.1 Å². The standard InChI is InChI=1S/C10H9N3O3S2/c1-4-6-8(18-7(4)10(15)16)12-3-13(9(6)14)2-5(11)17/h3H,2H2,1H3,(H2,11,17)(H,15,16). The zero-order valence-electron chi connectivity index (χ0n) is 9.34. The third kappa shape index (κ3) is 2.00. The van der Waals surface area contributed by atoms with Crippen molar-refractivity contribution >= 4 is 44.7 Å². The minimum atomic E-state index is -1.06. The SMILES string of the molecule is Cc1c(C(=O)O)sc2ncn(CC(N)=S)c(=O)c12. The molecule has 2 aromatic rings. The highest BCUT2D eigenvalue weighted by atomic mass is 32.1. The first-order valence-electron chi connectivity index (χ1n) is 4.92. The Bertz CT molecular complexity index is 717. The average Bonchev–Trinajstić information content (AvgIpc) is 2.60. The molecule has 0 aromatic carbocycles. The van der Waals surface area contributed by atoms with Crippen molar-refractivity contribution in [1.29, 1.82) is 0 Å². The van der Waals surface area contributed by atoms with Gasteiger partial charge in [-0.05, 0) is 12.5 Å². The van der Waals surface area contributed by atoms with Crippen LogP contribution in [0.4, 0.5) is 0 Å². The van der Waals surface area contributed by atoms with E-state index in [1.54, 1.807) is 6.92 Å². The molecule has 0 aliphatic rings. The Morgan fingerprint density at radius 1 is 1.67 bits per heavy atom. The number of aryl methyl sites for hydroxylation is 1. The molecule has 6 nitrogen and oxygen atoms in total. The van der Waals surface area contributed by atoms with E-state index in [9.17, 15) is 9.59 Å². The van der Waals surface area contributed by atoms with Gasteiger partial charge < -0.3 is 10.8 Å². The van der Waals surface area contributed by atoms with E-state index in [1.807, 2.05) is 0 Å². The van der Waals surface area contributed by atoms with Gasteiger partial charge in [-0.25, -0.2) is 9.78 Å². The number of carboxylic acid groups (broad SMARTS) is 1. The van der Waals surface area contributed by atoms with Gasteiger partial charge in [0.1, 0.15) is 9.71 Å². The summed E-state index contributed by atoms with van der Waals surface area (Å²) in [5.41, 5.74) is 5.48. The van der Waals surface area contributed by atoms with Gasteiger partial charge in [0.2, 0.25) is 0 Å². The quantitative estimate of drug-likeness (QED) is 0.807. The van der Waals surface area contributed by atoms with Crippen LogP contribution in [0.2, 0.25) is 0 Å². The molecule has 0 aliphatic carbocycles. The molecule has 0 aliphatic heterocycles. The highest BCUT2D eigenvalue weighted by Crippen LogP contribution is 2.26. The van der Waals surface area contributed by atoms with E-state index < -0.39 is 5.97 Å². The molecule has 0 fully saturated rings. The van der Waals surface area contributed by atoms with Crippen molar-refractivity contribution in [3.8, 4) is 0 Å². The third-order valence-electron chi connectivity index (χ3n) is 2.44. The van der Waals surface area contributed by atoms with E-state index in [4.69, 9.17) is 23.1 Å². The Hall–Kier alpha value is -1.80. The largest absolute Gasteiger partial charge is 0.477 e. The van der Waals surface area contributed by atoms with Gasteiger partial charge in [0, 0.05) is 0 Å². The van der Waals surface area contributed by atoms with E-state index in [2.05, 4.69) is 4.98 Å². The Labute approximate surface area is 111 Å². The summed E-state index contributed by atoms with van der Waals surface area (Å²) in [6.07, 6.45) is 1.32. The van der Waals surface area contributed by atoms with Gasteiger partial charge in [-0.2, -0.15) is 0 Å². The molecule has 2 rings (SSSR count). The Morgan fingerprint density at radius 2 is 2.33 bits per heavy atom. The molecule has 2 heterocycles. The molecular weight excluding hydrogens is 274 g/mol. The van der Waals surface area contributed by atoms with Crippen LogP contribution in [0, 0.1) is 6.92 Å². The average molecular weight is 283 g/mol. The predicted octanol–water partition coefficient (Wildman–Crippen LogP) is 0.751. The number of fused-ring (bicyclic) bond motifs is 1. The van der Waals surface area contributed by atoms with Crippen molar-refractivity contribution in [2.45, 2.75) is 13.5 Å². The maximum absolute atomic E-state index is 12.1. The van der Waals surface area contributed by atoms with Crippen molar-refractivity contribution in [1.82, 2.24) is 9.55 Å². The van der Waals surface area contributed by atoms with E-state index in [0.29, 0.717) is 15.8 Å². The lowest BCUT2D eigenvalue weighted by Crippen LogP contribution is -2.27. The van der Waals surface area contributed by atoms with E-state index in [-0.39, 0.29) is 22.0 Å². The summed E-state index contributed by atoms with van der Waals surface area (Å²) in [6.45, 7) is 1.69. The van der Waals surface area contributed by atoms with Gasteiger partial charge in [-0.15, -0.1) is 11.3 Å². The number of nitrogens with zero attached hydrogens (tertiary/aromatic N) is 2. The maximum atomic E-state index is 12.1. The van der Waals surface area contributed by atoms with Gasteiger partial charge >= 0.3 is 5.97 Å². The number of nitrogens with two attached hydrogens (primary N) is 1. The number of carbonyl (C=O) groups is 1. The lowest BCUT2D eigenvalue weighted by Gasteiger charge is -2.03. The van der Waals surface area contributed by atoms with Gasteiger partial charge in [0.05, 0.1) is 23.2 Å². The van der Waals surface area contributed by atoms with Crippen molar-refractivity contribution in [3.05, 3.63) is 27.1 Å². The second kappa shape index (κ2) is 4.46. The number of hydrogen-bond donors (Lipinski definition) is 2. The van der Waals surface area contributed by atoms with E-state index in [0.717, 1.165) is 11.3 Å². The molecule has 3 N–H and O–H groups in total. The lowest BCUT2D eigenvalue weighted by molar-refractivity contribution is 0.0701. The fourth-order valence-electron chi connectivity index (χ4n) is 1.64. The molecule has 0 bridgehead atoms. The van der Waals surface area contributed by atoms with Crippen LogP contribution >= 0.6 is 23.6 Å². The van der Waals surface area contributed by atoms with Gasteiger partial charge in [-0.3, -0.25) is 9.36 Å². The molecule has 0 unspecified atom stereocenters. The monoisotopic (exact) mass is 283 g/mol. The second-order valence-electron chi connectivity index (χ2n) is 3.69. The summed E-state index contributed by atoms with van der Waals surface area (Å²) in [7, 11) is 0. The second-order valence-corrected chi connectivity index (χ2v) is 5.21. The number of carboxylic acids is 1. The molecule has 0 radical (unpaired) electrons. The molecule has 2 aromatic heterocycles. The number of thiophene rings is 1. The molecule has 0 spiro atoms. The molecule has 94 valence electrons. The lowest BCUT2D eigenvalue weighted by atomic mass is 10.2. The molecule has 0 atom stereocenters. The number of hydrogen-bond acceptors (Lipinski definition) is 5. The fraction of sp³-hybridized carbons (Fsp3) is 0.200. The zero-order chi connectivity index (χ0) is 13.4. The van der Waals surface area contributed by atoms with E-state index in [1.165, 1.54) is 10.9 Å². The highest BCUT2D eigenvalue weighted by molar-refractivity contribution is 7.80. The van der Waals surface area contributed by atoms with Crippen molar-refractivity contribution in [2.75, 3.05) is 0 Å². The number of aromatic carboxylic acids is 1. The van der Waals surface area contributed by atoms with Crippen molar-refractivity contribution in [3.63, 3.8) is 0 Å². The zero-order valence-corrected chi connectivity index (χ0v) is 11.0. The first-order chi connectivity index (χ1) is 8.41. The van der Waals surface area contributed by atoms with Crippen LogP contribution in [0.5, 0.6) is 0 Å². The van der Waals surface area contributed by atoms with Gasteiger partial charge in [0.15, 0.2) is 0 Å². The topological polar surface area (TPSA) is 98.2 Å². The minimum absolute atomic E-state index is 0.0921. The van der Waals surface area contributed by atoms with Crippen LogP contribution in [0.1, 0.15) is 15.2 Å². The summed E-state index contributed by atoms with van der Waals surface area (Å²) in [5.74, 6) is -1.06. The highest BCUT2D eigenvalue weighted by Gasteiger charge is 2.18. The van der Waals surface area contributed by atoms with Crippen LogP contribution in [-0.2, 0) is 6.54 Å².